The Balaban J connectivity index is 2.40. The van der Waals surface area contributed by atoms with E-state index in [-0.39, 0.29) is 12.1 Å². The Hall–Kier alpha value is -1.70. The zero-order chi connectivity index (χ0) is 13.1. The van der Waals surface area contributed by atoms with Crippen LogP contribution in [0.4, 0.5) is 0 Å². The van der Waals surface area contributed by atoms with Crippen molar-refractivity contribution in [2.45, 2.75) is 6.54 Å². The normalized spacial score (nSPS) is 10.3. The molecular formula is C12H10IN3O2. The summed E-state index contributed by atoms with van der Waals surface area (Å²) in [5.41, 5.74) is 6.16. The summed E-state index contributed by atoms with van der Waals surface area (Å²) in [5, 5.41) is 4.02. The van der Waals surface area contributed by atoms with E-state index in [9.17, 15) is 9.59 Å². The second kappa shape index (κ2) is 5.30. The molecule has 0 aliphatic carbocycles. The largest absolute Gasteiger partial charge is 0.366 e. The quantitative estimate of drug-likeness (QED) is 0.835. The molecule has 0 unspecified atom stereocenters. The van der Waals surface area contributed by atoms with Crippen LogP contribution in [0.1, 0.15) is 15.9 Å². The van der Waals surface area contributed by atoms with Crippen LogP contribution in [0.15, 0.2) is 41.3 Å². The van der Waals surface area contributed by atoms with E-state index in [1.807, 2.05) is 22.6 Å². The number of primary amides is 1. The Bertz CT molecular complexity index is 652. The first-order valence-electron chi connectivity index (χ1n) is 5.18. The second-order valence-corrected chi connectivity index (χ2v) is 4.94. The molecule has 0 radical (unpaired) electrons. The molecule has 0 aliphatic heterocycles. The number of amides is 1. The van der Waals surface area contributed by atoms with Crippen LogP contribution in [0.2, 0.25) is 0 Å². The summed E-state index contributed by atoms with van der Waals surface area (Å²) in [6, 6.07) is 8.40. The van der Waals surface area contributed by atoms with E-state index in [4.69, 9.17) is 5.73 Å². The van der Waals surface area contributed by atoms with Gasteiger partial charge >= 0.3 is 0 Å². The molecule has 18 heavy (non-hydrogen) atoms. The van der Waals surface area contributed by atoms with Gasteiger partial charge in [0.25, 0.3) is 5.56 Å². The maximum absolute atomic E-state index is 11.7. The predicted octanol–water partition coefficient (Wildman–Crippen LogP) is 0.995. The number of nitrogens with two attached hydrogens (primary N) is 1. The van der Waals surface area contributed by atoms with Gasteiger partial charge in [0.2, 0.25) is 5.91 Å². The highest BCUT2D eigenvalue weighted by Crippen LogP contribution is 2.08. The van der Waals surface area contributed by atoms with Gasteiger partial charge in [-0.3, -0.25) is 9.59 Å². The molecule has 1 amide bonds. The van der Waals surface area contributed by atoms with E-state index >= 15 is 0 Å². The van der Waals surface area contributed by atoms with Crippen molar-refractivity contribution in [3.05, 3.63) is 61.6 Å². The van der Waals surface area contributed by atoms with Crippen LogP contribution in [-0.4, -0.2) is 15.7 Å². The highest BCUT2D eigenvalue weighted by atomic mass is 127. The lowest BCUT2D eigenvalue weighted by Crippen LogP contribution is -2.24. The average molecular weight is 355 g/mol. The molecule has 2 N–H and O–H groups in total. The van der Waals surface area contributed by atoms with Crippen LogP contribution < -0.4 is 11.3 Å². The standard InChI is InChI=1S/C12H10IN3O2/c13-9-5-11(17)16(15-6-9)7-8-3-1-2-4-10(8)12(14)18/h1-6H,7H2,(H2,14,18). The number of hydrogen-bond donors (Lipinski definition) is 1. The molecule has 2 rings (SSSR count). The van der Waals surface area contributed by atoms with Gasteiger partial charge in [0.15, 0.2) is 0 Å². The third-order valence-electron chi connectivity index (χ3n) is 2.44. The minimum Gasteiger partial charge on any atom is -0.366 e. The Labute approximate surface area is 117 Å². The smallest absolute Gasteiger partial charge is 0.268 e. The minimum atomic E-state index is -0.510. The van der Waals surface area contributed by atoms with Crippen LogP contribution in [0.5, 0.6) is 0 Å². The maximum atomic E-state index is 11.7. The van der Waals surface area contributed by atoms with Gasteiger partial charge in [-0.05, 0) is 34.2 Å². The van der Waals surface area contributed by atoms with Gasteiger partial charge in [-0.1, -0.05) is 18.2 Å². The van der Waals surface area contributed by atoms with Crippen molar-refractivity contribution in [3.63, 3.8) is 0 Å². The van der Waals surface area contributed by atoms with E-state index in [0.717, 1.165) is 3.57 Å². The van der Waals surface area contributed by atoms with Crippen molar-refractivity contribution in [3.8, 4) is 0 Å². The first-order valence-corrected chi connectivity index (χ1v) is 6.26. The van der Waals surface area contributed by atoms with E-state index < -0.39 is 5.91 Å². The van der Waals surface area contributed by atoms with Crippen molar-refractivity contribution in [1.29, 1.82) is 0 Å². The lowest BCUT2D eigenvalue weighted by atomic mass is 10.1. The highest BCUT2D eigenvalue weighted by molar-refractivity contribution is 14.1. The van der Waals surface area contributed by atoms with Crippen molar-refractivity contribution >= 4 is 28.5 Å². The van der Waals surface area contributed by atoms with Gasteiger partial charge in [0.1, 0.15) is 0 Å². The molecule has 92 valence electrons. The molecule has 1 aromatic carbocycles. The second-order valence-electron chi connectivity index (χ2n) is 3.69. The molecule has 0 atom stereocenters. The molecular weight excluding hydrogens is 345 g/mol. The number of carbonyl (C=O) groups is 1. The molecule has 2 aromatic rings. The Kier molecular flexibility index (Phi) is 3.75. The maximum Gasteiger partial charge on any atom is 0.268 e. The number of halogens is 1. The lowest BCUT2D eigenvalue weighted by Gasteiger charge is -2.07. The van der Waals surface area contributed by atoms with E-state index in [1.54, 1.807) is 30.5 Å². The fraction of sp³-hybridized carbons (Fsp3) is 0.0833. The van der Waals surface area contributed by atoms with E-state index in [2.05, 4.69) is 5.10 Å². The highest BCUT2D eigenvalue weighted by Gasteiger charge is 2.08. The van der Waals surface area contributed by atoms with Crippen molar-refractivity contribution in [2.75, 3.05) is 0 Å². The summed E-state index contributed by atoms with van der Waals surface area (Å²) in [6.45, 7) is 0.231. The predicted molar refractivity (Wildman–Crippen MR) is 75.3 cm³/mol. The third kappa shape index (κ3) is 2.76. The van der Waals surface area contributed by atoms with Gasteiger partial charge in [-0.2, -0.15) is 5.10 Å². The fourth-order valence-electron chi connectivity index (χ4n) is 1.59. The first-order chi connectivity index (χ1) is 8.58. The van der Waals surface area contributed by atoms with E-state index in [0.29, 0.717) is 11.1 Å². The number of nitrogens with zero attached hydrogens (tertiary/aromatic N) is 2. The number of benzene rings is 1. The number of rotatable bonds is 3. The Morgan fingerprint density at radius 1 is 1.39 bits per heavy atom. The summed E-state index contributed by atoms with van der Waals surface area (Å²) >= 11 is 2.02. The van der Waals surface area contributed by atoms with Gasteiger partial charge in [0.05, 0.1) is 12.7 Å². The number of hydrogen-bond acceptors (Lipinski definition) is 3. The van der Waals surface area contributed by atoms with Gasteiger partial charge in [-0.25, -0.2) is 4.68 Å². The molecule has 0 aliphatic rings. The SMILES string of the molecule is NC(=O)c1ccccc1Cn1ncc(I)cc1=O. The first kappa shape index (κ1) is 12.7. The zero-order valence-electron chi connectivity index (χ0n) is 9.34. The molecule has 0 spiro atoms. The summed E-state index contributed by atoms with van der Waals surface area (Å²) in [6.07, 6.45) is 1.59. The monoisotopic (exact) mass is 355 g/mol. The fourth-order valence-corrected chi connectivity index (χ4v) is 1.98. The van der Waals surface area contributed by atoms with Gasteiger partial charge in [0, 0.05) is 15.2 Å². The Morgan fingerprint density at radius 2 is 2.11 bits per heavy atom. The number of aromatic nitrogens is 2. The Morgan fingerprint density at radius 3 is 2.78 bits per heavy atom. The van der Waals surface area contributed by atoms with E-state index in [1.165, 1.54) is 10.7 Å². The van der Waals surface area contributed by atoms with Crippen LogP contribution in [0.3, 0.4) is 0 Å². The molecule has 0 saturated heterocycles. The lowest BCUT2D eigenvalue weighted by molar-refractivity contribution is 0.0999. The molecule has 5 nitrogen and oxygen atoms in total. The van der Waals surface area contributed by atoms with Gasteiger partial charge in [-0.15, -0.1) is 0 Å². The molecule has 1 aromatic heterocycles. The van der Waals surface area contributed by atoms with Gasteiger partial charge < -0.3 is 5.73 Å². The molecule has 0 bridgehead atoms. The average Bonchev–Trinajstić information content (AvgIpc) is 2.33. The minimum absolute atomic E-state index is 0.207. The summed E-state index contributed by atoms with van der Waals surface area (Å²) in [5.74, 6) is -0.510. The number of carbonyl (C=O) groups excluding carboxylic acids is 1. The molecule has 1 heterocycles. The molecule has 0 fully saturated rings. The topological polar surface area (TPSA) is 78.0 Å². The van der Waals surface area contributed by atoms with Crippen LogP contribution in [0.25, 0.3) is 0 Å². The summed E-state index contributed by atoms with van der Waals surface area (Å²) in [4.78, 5) is 23.0. The van der Waals surface area contributed by atoms with Crippen molar-refractivity contribution < 1.29 is 4.79 Å². The van der Waals surface area contributed by atoms with Crippen LogP contribution >= 0.6 is 22.6 Å². The van der Waals surface area contributed by atoms with Crippen LogP contribution in [0, 0.1) is 3.57 Å². The summed E-state index contributed by atoms with van der Waals surface area (Å²) in [7, 11) is 0. The molecule has 6 heteroatoms. The van der Waals surface area contributed by atoms with Crippen LogP contribution in [-0.2, 0) is 6.54 Å². The van der Waals surface area contributed by atoms with Crippen molar-refractivity contribution in [1.82, 2.24) is 9.78 Å². The zero-order valence-corrected chi connectivity index (χ0v) is 11.5. The third-order valence-corrected chi connectivity index (χ3v) is 3.03. The summed E-state index contributed by atoms with van der Waals surface area (Å²) < 4.78 is 2.07. The van der Waals surface area contributed by atoms with Crippen molar-refractivity contribution in [2.24, 2.45) is 5.73 Å². The molecule has 0 saturated carbocycles.